The molecular weight excluding hydrogens is 568 g/mol. The molecule has 0 rings (SSSR count). The Morgan fingerprint density at radius 3 is 0.957 bits per heavy atom. The van der Waals surface area contributed by atoms with Crippen molar-refractivity contribution in [1.82, 2.24) is 0 Å². The first-order chi connectivity index (χ1) is 22.6. The molecular formula is C42H82O4. The number of ether oxygens (including phenoxy) is 1. The van der Waals surface area contributed by atoms with E-state index in [0.717, 1.165) is 25.7 Å². The number of carboxylic acid groups (broad SMARTS) is 1. The fraction of sp³-hybridized carbons (Fsp3) is 0.952. The number of carboxylic acids is 1. The van der Waals surface area contributed by atoms with Crippen molar-refractivity contribution in [3.05, 3.63) is 0 Å². The van der Waals surface area contributed by atoms with E-state index in [9.17, 15) is 14.7 Å². The van der Waals surface area contributed by atoms with Crippen molar-refractivity contribution in [2.75, 3.05) is 0 Å². The molecule has 0 aromatic heterocycles. The molecule has 1 unspecified atom stereocenters. The molecule has 0 saturated carbocycles. The molecule has 0 fully saturated rings. The van der Waals surface area contributed by atoms with Crippen LogP contribution in [0.25, 0.3) is 0 Å². The van der Waals surface area contributed by atoms with E-state index in [-0.39, 0.29) is 12.4 Å². The minimum Gasteiger partial charge on any atom is -0.481 e. The molecule has 274 valence electrons. The van der Waals surface area contributed by atoms with Crippen molar-refractivity contribution < 1.29 is 19.4 Å². The molecule has 0 aliphatic carbocycles. The van der Waals surface area contributed by atoms with Gasteiger partial charge in [-0.15, -0.1) is 0 Å². The molecule has 0 radical (unpaired) electrons. The van der Waals surface area contributed by atoms with Crippen LogP contribution in [-0.4, -0.2) is 23.1 Å². The number of hydrogen-bond acceptors (Lipinski definition) is 3. The van der Waals surface area contributed by atoms with E-state index in [0.29, 0.717) is 12.8 Å². The van der Waals surface area contributed by atoms with Crippen molar-refractivity contribution >= 4 is 11.9 Å². The van der Waals surface area contributed by atoms with E-state index >= 15 is 0 Å². The van der Waals surface area contributed by atoms with E-state index in [2.05, 4.69) is 13.8 Å². The number of carbonyl (C=O) groups is 2. The van der Waals surface area contributed by atoms with Crippen LogP contribution < -0.4 is 0 Å². The summed E-state index contributed by atoms with van der Waals surface area (Å²) in [5, 5.41) is 9.28. The molecule has 0 bridgehead atoms. The molecule has 0 spiro atoms. The quantitative estimate of drug-likeness (QED) is 0.0531. The monoisotopic (exact) mass is 651 g/mol. The minimum atomic E-state index is -0.873. The van der Waals surface area contributed by atoms with Gasteiger partial charge < -0.3 is 9.84 Å². The third-order valence-corrected chi connectivity index (χ3v) is 9.81. The predicted molar refractivity (Wildman–Crippen MR) is 200 cm³/mol. The van der Waals surface area contributed by atoms with Crippen molar-refractivity contribution in [1.29, 1.82) is 0 Å². The first kappa shape index (κ1) is 44.9. The molecule has 46 heavy (non-hydrogen) atoms. The van der Waals surface area contributed by atoms with Gasteiger partial charge in [-0.3, -0.25) is 9.59 Å². The van der Waals surface area contributed by atoms with Gasteiger partial charge in [-0.25, -0.2) is 0 Å². The van der Waals surface area contributed by atoms with Gasteiger partial charge in [0.05, 0.1) is 6.42 Å². The maximum Gasteiger partial charge on any atom is 0.307 e. The molecule has 0 aromatic rings. The molecule has 0 heterocycles. The van der Waals surface area contributed by atoms with E-state index in [4.69, 9.17) is 4.74 Å². The van der Waals surface area contributed by atoms with Crippen molar-refractivity contribution in [2.24, 2.45) is 0 Å². The molecule has 0 aliphatic heterocycles. The average Bonchev–Trinajstić information content (AvgIpc) is 3.03. The Morgan fingerprint density at radius 2 is 0.674 bits per heavy atom. The van der Waals surface area contributed by atoms with Crippen LogP contribution >= 0.6 is 0 Å². The number of hydrogen-bond donors (Lipinski definition) is 1. The smallest absolute Gasteiger partial charge is 0.307 e. The average molecular weight is 651 g/mol. The number of aliphatic carboxylic acids is 1. The lowest BCUT2D eigenvalue weighted by molar-refractivity contribution is -0.153. The second-order valence-electron chi connectivity index (χ2n) is 14.6. The lowest BCUT2D eigenvalue weighted by Crippen LogP contribution is -2.21. The highest BCUT2D eigenvalue weighted by atomic mass is 16.5. The molecule has 1 atom stereocenters. The summed E-state index contributed by atoms with van der Waals surface area (Å²) < 4.78 is 5.60. The normalized spacial score (nSPS) is 12.0. The van der Waals surface area contributed by atoms with Crippen LogP contribution in [-0.2, 0) is 14.3 Å². The van der Waals surface area contributed by atoms with E-state index in [1.165, 1.54) is 193 Å². The van der Waals surface area contributed by atoms with E-state index in [1.54, 1.807) is 0 Å². The summed E-state index contributed by atoms with van der Waals surface area (Å²) in [6.45, 7) is 4.56. The minimum absolute atomic E-state index is 0.0659. The summed E-state index contributed by atoms with van der Waals surface area (Å²) in [5.41, 5.74) is 0. The van der Waals surface area contributed by atoms with Crippen LogP contribution in [0.5, 0.6) is 0 Å². The molecule has 4 heteroatoms. The summed E-state index contributed by atoms with van der Waals surface area (Å²) >= 11 is 0. The lowest BCUT2D eigenvalue weighted by atomic mass is 10.0. The maximum atomic E-state index is 12.4. The summed E-state index contributed by atoms with van der Waals surface area (Å²) in [4.78, 5) is 23.7. The number of rotatable bonds is 39. The van der Waals surface area contributed by atoms with Gasteiger partial charge in [0.1, 0.15) is 6.10 Å². The predicted octanol–water partition coefficient (Wildman–Crippen LogP) is 14.5. The molecule has 0 amide bonds. The number of esters is 1. The first-order valence-corrected chi connectivity index (χ1v) is 21.0. The Balaban J connectivity index is 3.55. The maximum absolute atomic E-state index is 12.4. The Labute approximate surface area is 288 Å². The van der Waals surface area contributed by atoms with Crippen LogP contribution in [0.1, 0.15) is 251 Å². The zero-order chi connectivity index (χ0) is 33.6. The van der Waals surface area contributed by atoms with Gasteiger partial charge in [0.25, 0.3) is 0 Å². The Hall–Kier alpha value is -1.06. The molecule has 4 nitrogen and oxygen atoms in total. The summed E-state index contributed by atoms with van der Waals surface area (Å²) in [6.07, 6.45) is 45.6. The van der Waals surface area contributed by atoms with Crippen LogP contribution in [0.4, 0.5) is 0 Å². The second kappa shape index (κ2) is 38.4. The Kier molecular flexibility index (Phi) is 37.5. The largest absolute Gasteiger partial charge is 0.481 e. The van der Waals surface area contributed by atoms with Crippen molar-refractivity contribution in [2.45, 2.75) is 258 Å². The van der Waals surface area contributed by atoms with Gasteiger partial charge in [-0.2, -0.15) is 0 Å². The van der Waals surface area contributed by atoms with Gasteiger partial charge in [-0.05, 0) is 19.3 Å². The van der Waals surface area contributed by atoms with Crippen molar-refractivity contribution in [3.63, 3.8) is 0 Å². The standard InChI is InChI=1S/C42H82O4/c1-3-5-7-9-11-13-15-17-19-20-21-22-24-26-28-30-32-34-36-38-42(45)46-40(39-41(43)44)37-35-33-31-29-27-25-23-18-16-14-12-10-8-6-4-2/h40H,3-39H2,1-2H3,(H,43,44). The van der Waals surface area contributed by atoms with Crippen LogP contribution in [0.2, 0.25) is 0 Å². The molecule has 0 aliphatic rings. The third-order valence-electron chi connectivity index (χ3n) is 9.81. The van der Waals surface area contributed by atoms with E-state index in [1.807, 2.05) is 0 Å². The second-order valence-corrected chi connectivity index (χ2v) is 14.6. The zero-order valence-electron chi connectivity index (χ0n) is 31.4. The lowest BCUT2D eigenvalue weighted by Gasteiger charge is -2.16. The fourth-order valence-corrected chi connectivity index (χ4v) is 6.73. The molecule has 0 aromatic carbocycles. The van der Waals surface area contributed by atoms with Gasteiger partial charge in [0, 0.05) is 6.42 Å². The van der Waals surface area contributed by atoms with E-state index < -0.39 is 12.1 Å². The Bertz CT molecular complexity index is 619. The summed E-state index contributed by atoms with van der Waals surface area (Å²) in [5.74, 6) is -1.08. The highest BCUT2D eigenvalue weighted by Crippen LogP contribution is 2.18. The SMILES string of the molecule is CCCCCCCCCCCCCCCCCCCCCC(=O)OC(CCCCCCCCCCCCCCCCC)CC(=O)O. The fourth-order valence-electron chi connectivity index (χ4n) is 6.73. The zero-order valence-corrected chi connectivity index (χ0v) is 31.4. The Morgan fingerprint density at radius 1 is 0.413 bits per heavy atom. The van der Waals surface area contributed by atoms with Gasteiger partial charge in [0.2, 0.25) is 0 Å². The summed E-state index contributed by atoms with van der Waals surface area (Å²) in [6, 6.07) is 0. The number of unbranched alkanes of at least 4 members (excludes halogenated alkanes) is 32. The van der Waals surface area contributed by atoms with Gasteiger partial charge in [-0.1, -0.05) is 219 Å². The van der Waals surface area contributed by atoms with Crippen molar-refractivity contribution in [3.8, 4) is 0 Å². The molecule has 1 N–H and O–H groups in total. The highest BCUT2D eigenvalue weighted by Gasteiger charge is 2.17. The van der Waals surface area contributed by atoms with Gasteiger partial charge >= 0.3 is 11.9 Å². The van der Waals surface area contributed by atoms with Crippen LogP contribution in [0, 0.1) is 0 Å². The molecule has 0 saturated heterocycles. The van der Waals surface area contributed by atoms with Crippen LogP contribution in [0.3, 0.4) is 0 Å². The van der Waals surface area contributed by atoms with Crippen LogP contribution in [0.15, 0.2) is 0 Å². The van der Waals surface area contributed by atoms with Gasteiger partial charge in [0.15, 0.2) is 0 Å². The summed E-state index contributed by atoms with van der Waals surface area (Å²) in [7, 11) is 0. The number of carbonyl (C=O) groups excluding carboxylic acids is 1. The topological polar surface area (TPSA) is 63.6 Å². The highest BCUT2D eigenvalue weighted by molar-refractivity contribution is 5.71. The first-order valence-electron chi connectivity index (χ1n) is 21.0. The third kappa shape index (κ3) is 37.4.